The van der Waals surface area contributed by atoms with Crippen LogP contribution < -0.4 is 10.2 Å². The van der Waals surface area contributed by atoms with E-state index >= 15 is 0 Å². The van der Waals surface area contributed by atoms with Gasteiger partial charge in [0.2, 0.25) is 11.8 Å². The summed E-state index contributed by atoms with van der Waals surface area (Å²) in [6.07, 6.45) is 1.34. The molecular formula is C26H35N3O2. The molecule has 0 radical (unpaired) electrons. The molecule has 2 amide bonds. The van der Waals surface area contributed by atoms with E-state index in [9.17, 15) is 9.59 Å². The minimum absolute atomic E-state index is 0.0196. The van der Waals surface area contributed by atoms with E-state index in [1.807, 2.05) is 66.4 Å². The molecule has 3 rings (SSSR count). The Morgan fingerprint density at radius 1 is 0.935 bits per heavy atom. The lowest BCUT2D eigenvalue weighted by molar-refractivity contribution is -0.133. The lowest BCUT2D eigenvalue weighted by Gasteiger charge is -2.37. The molecule has 1 N–H and O–H groups in total. The summed E-state index contributed by atoms with van der Waals surface area (Å²) in [5, 5.41) is 3.05. The second kappa shape index (κ2) is 9.99. The first-order valence-corrected chi connectivity index (χ1v) is 11.3. The van der Waals surface area contributed by atoms with Gasteiger partial charge in [-0.1, -0.05) is 58.0 Å². The van der Waals surface area contributed by atoms with Gasteiger partial charge in [0.15, 0.2) is 0 Å². The zero-order valence-corrected chi connectivity index (χ0v) is 19.2. The minimum Gasteiger partial charge on any atom is -0.368 e. The number of carbonyl (C=O) groups is 2. The van der Waals surface area contributed by atoms with Gasteiger partial charge in [-0.3, -0.25) is 9.59 Å². The second-order valence-corrected chi connectivity index (χ2v) is 9.51. The first kappa shape index (κ1) is 22.9. The van der Waals surface area contributed by atoms with Crippen LogP contribution in [0.1, 0.15) is 52.0 Å². The van der Waals surface area contributed by atoms with Crippen molar-refractivity contribution >= 4 is 23.2 Å². The summed E-state index contributed by atoms with van der Waals surface area (Å²) in [6, 6.07) is 17.9. The molecule has 0 aliphatic carbocycles. The van der Waals surface area contributed by atoms with Gasteiger partial charge in [0.25, 0.3) is 0 Å². The molecule has 1 aliphatic heterocycles. The van der Waals surface area contributed by atoms with Gasteiger partial charge >= 0.3 is 0 Å². The lowest BCUT2D eigenvalue weighted by Crippen LogP contribution is -2.49. The molecule has 1 aliphatic rings. The third-order valence-corrected chi connectivity index (χ3v) is 5.74. The Hall–Kier alpha value is -2.82. The van der Waals surface area contributed by atoms with Crippen molar-refractivity contribution in [1.29, 1.82) is 0 Å². The Kier molecular flexibility index (Phi) is 7.37. The predicted molar refractivity (Wildman–Crippen MR) is 127 cm³/mol. The molecular weight excluding hydrogens is 386 g/mol. The summed E-state index contributed by atoms with van der Waals surface area (Å²) in [7, 11) is 0. The monoisotopic (exact) mass is 421 g/mol. The van der Waals surface area contributed by atoms with Gasteiger partial charge in [-0.15, -0.1) is 0 Å². The summed E-state index contributed by atoms with van der Waals surface area (Å²) < 4.78 is 0. The fraction of sp³-hybridized carbons (Fsp3) is 0.462. The van der Waals surface area contributed by atoms with E-state index in [0.717, 1.165) is 49.5 Å². The van der Waals surface area contributed by atoms with Gasteiger partial charge in [0, 0.05) is 44.0 Å². The number of amides is 2. The highest BCUT2D eigenvalue weighted by molar-refractivity contribution is 5.96. The van der Waals surface area contributed by atoms with Crippen LogP contribution in [0.3, 0.4) is 0 Å². The third-order valence-electron chi connectivity index (χ3n) is 5.74. The number of benzene rings is 2. The van der Waals surface area contributed by atoms with Gasteiger partial charge in [-0.2, -0.15) is 0 Å². The van der Waals surface area contributed by atoms with Gasteiger partial charge in [0.1, 0.15) is 0 Å². The summed E-state index contributed by atoms with van der Waals surface area (Å²) >= 11 is 0. The second-order valence-electron chi connectivity index (χ2n) is 9.51. The first-order chi connectivity index (χ1) is 14.8. The molecule has 2 aromatic rings. The number of carbonyl (C=O) groups excluding carboxylic acids is 2. The summed E-state index contributed by atoms with van der Waals surface area (Å²) in [6.45, 7) is 11.5. The van der Waals surface area contributed by atoms with E-state index < -0.39 is 0 Å². The van der Waals surface area contributed by atoms with Crippen molar-refractivity contribution in [3.63, 3.8) is 0 Å². The quantitative estimate of drug-likeness (QED) is 0.721. The van der Waals surface area contributed by atoms with E-state index in [-0.39, 0.29) is 23.1 Å². The van der Waals surface area contributed by atoms with Crippen LogP contribution in [0.5, 0.6) is 0 Å². The molecule has 0 spiro atoms. The molecule has 5 heteroatoms. The van der Waals surface area contributed by atoms with E-state index in [1.54, 1.807) is 0 Å². The van der Waals surface area contributed by atoms with E-state index in [0.29, 0.717) is 6.42 Å². The van der Waals surface area contributed by atoms with Gasteiger partial charge < -0.3 is 15.1 Å². The average Bonchev–Trinajstić information content (AvgIpc) is 2.74. The maximum Gasteiger partial charge on any atom is 0.231 e. The highest BCUT2D eigenvalue weighted by atomic mass is 16.2. The van der Waals surface area contributed by atoms with Crippen LogP contribution in [0.25, 0.3) is 0 Å². The van der Waals surface area contributed by atoms with E-state index in [4.69, 9.17) is 0 Å². The van der Waals surface area contributed by atoms with Crippen LogP contribution in [0.4, 0.5) is 11.4 Å². The summed E-state index contributed by atoms with van der Waals surface area (Å²) in [5.41, 5.74) is 2.99. The van der Waals surface area contributed by atoms with Crippen molar-refractivity contribution in [3.05, 3.63) is 60.2 Å². The molecule has 166 valence electrons. The zero-order valence-electron chi connectivity index (χ0n) is 19.2. The maximum atomic E-state index is 12.8. The largest absolute Gasteiger partial charge is 0.368 e. The number of nitrogens with one attached hydrogen (secondary N) is 1. The molecule has 2 aromatic carbocycles. The molecule has 0 aromatic heterocycles. The molecule has 0 bridgehead atoms. The number of hydrogen-bond acceptors (Lipinski definition) is 3. The molecule has 5 nitrogen and oxygen atoms in total. The molecule has 0 unspecified atom stereocenters. The number of rotatable bonds is 6. The van der Waals surface area contributed by atoms with Crippen LogP contribution in [0.2, 0.25) is 0 Å². The molecule has 1 atom stereocenters. The van der Waals surface area contributed by atoms with E-state index in [1.165, 1.54) is 0 Å². The van der Waals surface area contributed by atoms with Crippen molar-refractivity contribution in [2.45, 2.75) is 46.5 Å². The summed E-state index contributed by atoms with van der Waals surface area (Å²) in [4.78, 5) is 29.5. The maximum absolute atomic E-state index is 12.8. The van der Waals surface area contributed by atoms with Crippen molar-refractivity contribution in [1.82, 2.24) is 4.90 Å². The topological polar surface area (TPSA) is 52.7 Å². The first-order valence-electron chi connectivity index (χ1n) is 11.3. The van der Waals surface area contributed by atoms with Crippen molar-refractivity contribution < 1.29 is 9.59 Å². The van der Waals surface area contributed by atoms with Crippen LogP contribution in [0, 0.1) is 5.41 Å². The minimum atomic E-state index is -0.153. The van der Waals surface area contributed by atoms with Gasteiger partial charge in [-0.25, -0.2) is 0 Å². The van der Waals surface area contributed by atoms with E-state index in [2.05, 4.69) is 31.0 Å². The lowest BCUT2D eigenvalue weighted by atomic mass is 9.91. The normalized spacial score (nSPS) is 15.5. The predicted octanol–water partition coefficient (Wildman–Crippen LogP) is 4.90. The van der Waals surface area contributed by atoms with Crippen LogP contribution >= 0.6 is 0 Å². The SMILES string of the molecule is CC[C@@H](C(=O)Nc1ccc(N2CCN(C(=O)CC(C)(C)C)CC2)cc1)c1ccccc1. The highest BCUT2D eigenvalue weighted by Crippen LogP contribution is 2.25. The van der Waals surface area contributed by atoms with Crippen molar-refractivity contribution in [3.8, 4) is 0 Å². The molecule has 0 saturated carbocycles. The molecule has 1 heterocycles. The fourth-order valence-electron chi connectivity index (χ4n) is 4.02. The number of nitrogens with zero attached hydrogens (tertiary/aromatic N) is 2. The number of hydrogen-bond donors (Lipinski definition) is 1. The number of piperazine rings is 1. The zero-order chi connectivity index (χ0) is 22.4. The standard InChI is InChI=1S/C26H35N3O2/c1-5-23(20-9-7-6-8-10-20)25(31)27-21-11-13-22(14-12-21)28-15-17-29(18-16-28)24(30)19-26(2,3)4/h6-14,23H,5,15-19H2,1-4H3,(H,27,31)/t23-/m1/s1. The third kappa shape index (κ3) is 6.33. The van der Waals surface area contributed by atoms with Crippen molar-refractivity contribution in [2.24, 2.45) is 5.41 Å². The Morgan fingerprint density at radius 2 is 1.55 bits per heavy atom. The molecule has 1 saturated heterocycles. The average molecular weight is 422 g/mol. The summed E-state index contributed by atoms with van der Waals surface area (Å²) in [5.74, 6) is 0.112. The highest BCUT2D eigenvalue weighted by Gasteiger charge is 2.25. The Morgan fingerprint density at radius 3 is 2.10 bits per heavy atom. The Labute approximate surface area is 186 Å². The van der Waals surface area contributed by atoms with Crippen LogP contribution in [0.15, 0.2) is 54.6 Å². The smallest absolute Gasteiger partial charge is 0.231 e. The number of anilines is 2. The molecule has 31 heavy (non-hydrogen) atoms. The van der Waals surface area contributed by atoms with Crippen LogP contribution in [-0.4, -0.2) is 42.9 Å². The Bertz CT molecular complexity index is 864. The Balaban J connectivity index is 1.55. The molecule has 1 fully saturated rings. The fourth-order valence-corrected chi connectivity index (χ4v) is 4.02. The van der Waals surface area contributed by atoms with Crippen LogP contribution in [-0.2, 0) is 9.59 Å². The van der Waals surface area contributed by atoms with Gasteiger partial charge in [0.05, 0.1) is 5.92 Å². The van der Waals surface area contributed by atoms with Gasteiger partial charge in [-0.05, 0) is 41.7 Å². The van der Waals surface area contributed by atoms with Crippen molar-refractivity contribution in [2.75, 3.05) is 36.4 Å².